The number of nitrogen functional groups attached to an aromatic ring is 1. The Morgan fingerprint density at radius 3 is 2.79 bits per heavy atom. The number of anilines is 1. The second-order valence-electron chi connectivity index (χ2n) is 3.68. The smallest absolute Gasteiger partial charge is 0.158 e. The average Bonchev–Trinajstić information content (AvgIpc) is 3.02. The molecule has 3 N–H and O–H groups in total. The Labute approximate surface area is 83.3 Å². The van der Waals surface area contributed by atoms with Crippen LogP contribution in [0.3, 0.4) is 0 Å². The van der Waals surface area contributed by atoms with Crippen LogP contribution in [0, 0.1) is 0 Å². The van der Waals surface area contributed by atoms with Gasteiger partial charge in [-0.15, -0.1) is 0 Å². The van der Waals surface area contributed by atoms with Crippen LogP contribution in [-0.4, -0.2) is 28.0 Å². The molecule has 0 bridgehead atoms. The quantitative estimate of drug-likeness (QED) is 0.533. The third kappa shape index (κ3) is 2.18. The van der Waals surface area contributed by atoms with Crippen molar-refractivity contribution in [1.82, 2.24) is 14.9 Å². The van der Waals surface area contributed by atoms with Gasteiger partial charge in [-0.25, -0.2) is 10.8 Å². The van der Waals surface area contributed by atoms with E-state index in [9.17, 15) is 0 Å². The van der Waals surface area contributed by atoms with Crippen molar-refractivity contribution in [3.63, 3.8) is 0 Å². The number of hydrogen-bond acceptors (Lipinski definition) is 5. The van der Waals surface area contributed by atoms with Gasteiger partial charge >= 0.3 is 0 Å². The Kier molecular flexibility index (Phi) is 2.60. The van der Waals surface area contributed by atoms with Crippen LogP contribution in [0.15, 0.2) is 12.4 Å². The lowest BCUT2D eigenvalue weighted by Gasteiger charge is -2.14. The summed E-state index contributed by atoms with van der Waals surface area (Å²) in [6.45, 7) is 0.864. The first-order valence-electron chi connectivity index (χ1n) is 4.77. The molecule has 5 heteroatoms. The van der Waals surface area contributed by atoms with E-state index in [0.717, 1.165) is 18.3 Å². The van der Waals surface area contributed by atoms with Crippen LogP contribution in [-0.2, 0) is 6.54 Å². The third-order valence-corrected chi connectivity index (χ3v) is 2.43. The Morgan fingerprint density at radius 2 is 2.29 bits per heavy atom. The van der Waals surface area contributed by atoms with Crippen molar-refractivity contribution in [1.29, 1.82) is 0 Å². The molecule has 0 atom stereocenters. The molecule has 1 aliphatic carbocycles. The summed E-state index contributed by atoms with van der Waals surface area (Å²) in [5.74, 6) is 5.80. The summed E-state index contributed by atoms with van der Waals surface area (Å²) < 4.78 is 0. The van der Waals surface area contributed by atoms with Crippen molar-refractivity contribution in [3.8, 4) is 0 Å². The highest BCUT2D eigenvalue weighted by Gasteiger charge is 2.26. The minimum atomic E-state index is 0.600. The molecule has 5 nitrogen and oxygen atoms in total. The molecule has 0 aromatic carbocycles. The molecule has 0 saturated heterocycles. The van der Waals surface area contributed by atoms with E-state index in [1.807, 2.05) is 0 Å². The number of aromatic nitrogens is 2. The predicted molar refractivity (Wildman–Crippen MR) is 54.3 cm³/mol. The number of hydrazine groups is 1. The molecule has 1 heterocycles. The molecule has 0 spiro atoms. The van der Waals surface area contributed by atoms with Gasteiger partial charge in [-0.2, -0.15) is 0 Å². The zero-order valence-corrected chi connectivity index (χ0v) is 8.27. The molecule has 1 aliphatic rings. The van der Waals surface area contributed by atoms with E-state index in [2.05, 4.69) is 27.3 Å². The molecular weight excluding hydrogens is 178 g/mol. The van der Waals surface area contributed by atoms with Gasteiger partial charge in [0.05, 0.1) is 18.1 Å². The van der Waals surface area contributed by atoms with E-state index in [4.69, 9.17) is 5.84 Å². The lowest BCUT2D eigenvalue weighted by Crippen LogP contribution is -2.21. The maximum atomic E-state index is 5.20. The molecular formula is C9H15N5. The van der Waals surface area contributed by atoms with Crippen LogP contribution in [0.25, 0.3) is 0 Å². The van der Waals surface area contributed by atoms with Gasteiger partial charge in [-0.3, -0.25) is 9.88 Å². The highest BCUT2D eigenvalue weighted by atomic mass is 15.3. The number of nitrogens with one attached hydrogen (secondary N) is 1. The molecule has 1 aromatic rings. The standard InChI is InChI=1S/C9H15N5/c1-14(8-2-3-8)6-7-4-12-9(13-10)5-11-7/h4-5,8H,2-3,6,10H2,1H3,(H,12,13). The first-order valence-corrected chi connectivity index (χ1v) is 4.77. The zero-order valence-electron chi connectivity index (χ0n) is 8.27. The van der Waals surface area contributed by atoms with Crippen molar-refractivity contribution in [2.75, 3.05) is 12.5 Å². The fourth-order valence-corrected chi connectivity index (χ4v) is 1.41. The van der Waals surface area contributed by atoms with Gasteiger partial charge in [-0.1, -0.05) is 0 Å². The largest absolute Gasteiger partial charge is 0.307 e. The first-order chi connectivity index (χ1) is 6.79. The number of rotatable bonds is 4. The van der Waals surface area contributed by atoms with E-state index in [1.54, 1.807) is 12.4 Å². The van der Waals surface area contributed by atoms with Crippen molar-refractivity contribution in [3.05, 3.63) is 18.1 Å². The average molecular weight is 193 g/mol. The number of nitrogens with zero attached hydrogens (tertiary/aromatic N) is 3. The van der Waals surface area contributed by atoms with Gasteiger partial charge in [0.25, 0.3) is 0 Å². The van der Waals surface area contributed by atoms with E-state index >= 15 is 0 Å². The molecule has 0 aliphatic heterocycles. The van der Waals surface area contributed by atoms with Gasteiger partial charge < -0.3 is 5.43 Å². The Balaban J connectivity index is 1.95. The van der Waals surface area contributed by atoms with Gasteiger partial charge in [0.1, 0.15) is 0 Å². The summed E-state index contributed by atoms with van der Waals surface area (Å²) in [6, 6.07) is 0.754. The third-order valence-electron chi connectivity index (χ3n) is 2.43. The van der Waals surface area contributed by atoms with Crippen LogP contribution in [0.1, 0.15) is 18.5 Å². The Hall–Kier alpha value is -1.20. The minimum Gasteiger partial charge on any atom is -0.307 e. The normalized spacial score (nSPS) is 15.9. The molecule has 0 amide bonds. The molecule has 1 fully saturated rings. The highest BCUT2D eigenvalue weighted by molar-refractivity contribution is 5.28. The fraction of sp³-hybridized carbons (Fsp3) is 0.556. The Bertz CT molecular complexity index is 293. The minimum absolute atomic E-state index is 0.600. The number of nitrogens with two attached hydrogens (primary N) is 1. The monoisotopic (exact) mass is 193 g/mol. The van der Waals surface area contributed by atoms with Crippen molar-refractivity contribution in [2.24, 2.45) is 5.84 Å². The van der Waals surface area contributed by atoms with Gasteiger partial charge in [-0.05, 0) is 19.9 Å². The fourth-order valence-electron chi connectivity index (χ4n) is 1.41. The molecule has 0 unspecified atom stereocenters. The predicted octanol–water partition coefficient (Wildman–Crippen LogP) is 0.356. The first kappa shape index (κ1) is 9.36. The van der Waals surface area contributed by atoms with E-state index < -0.39 is 0 Å². The second kappa shape index (κ2) is 3.89. The van der Waals surface area contributed by atoms with E-state index in [-0.39, 0.29) is 0 Å². The zero-order chi connectivity index (χ0) is 9.97. The molecule has 14 heavy (non-hydrogen) atoms. The SMILES string of the molecule is CN(Cc1cnc(NN)cn1)C1CC1. The van der Waals surface area contributed by atoms with Crippen LogP contribution >= 0.6 is 0 Å². The summed E-state index contributed by atoms with van der Waals surface area (Å²) in [5, 5.41) is 0. The van der Waals surface area contributed by atoms with Crippen LogP contribution in [0.4, 0.5) is 5.82 Å². The molecule has 2 rings (SSSR count). The van der Waals surface area contributed by atoms with Gasteiger partial charge in [0.2, 0.25) is 0 Å². The molecule has 1 saturated carbocycles. The summed E-state index contributed by atoms with van der Waals surface area (Å²) in [4.78, 5) is 10.7. The van der Waals surface area contributed by atoms with Crippen LogP contribution in [0.2, 0.25) is 0 Å². The lowest BCUT2D eigenvalue weighted by atomic mass is 10.4. The molecule has 0 radical (unpaired) electrons. The topological polar surface area (TPSA) is 67.1 Å². The van der Waals surface area contributed by atoms with Crippen molar-refractivity contribution >= 4 is 5.82 Å². The van der Waals surface area contributed by atoms with Crippen LogP contribution < -0.4 is 11.3 Å². The van der Waals surface area contributed by atoms with Crippen molar-refractivity contribution < 1.29 is 0 Å². The molecule has 1 aromatic heterocycles. The lowest BCUT2D eigenvalue weighted by molar-refractivity contribution is 0.312. The maximum absolute atomic E-state index is 5.20. The second-order valence-corrected chi connectivity index (χ2v) is 3.68. The summed E-state index contributed by atoms with van der Waals surface area (Å²) in [6.07, 6.45) is 6.03. The van der Waals surface area contributed by atoms with Crippen LogP contribution in [0.5, 0.6) is 0 Å². The van der Waals surface area contributed by atoms with Gasteiger partial charge in [0, 0.05) is 12.6 Å². The van der Waals surface area contributed by atoms with E-state index in [1.165, 1.54) is 12.8 Å². The van der Waals surface area contributed by atoms with Gasteiger partial charge in [0.15, 0.2) is 5.82 Å². The number of hydrogen-bond donors (Lipinski definition) is 2. The molecule has 76 valence electrons. The maximum Gasteiger partial charge on any atom is 0.158 e. The summed E-state index contributed by atoms with van der Waals surface area (Å²) >= 11 is 0. The summed E-state index contributed by atoms with van der Waals surface area (Å²) in [7, 11) is 2.12. The highest BCUT2D eigenvalue weighted by Crippen LogP contribution is 2.26. The summed E-state index contributed by atoms with van der Waals surface area (Å²) in [5.41, 5.74) is 3.44. The van der Waals surface area contributed by atoms with E-state index in [0.29, 0.717) is 5.82 Å². The van der Waals surface area contributed by atoms with Crippen molar-refractivity contribution in [2.45, 2.75) is 25.4 Å². The Morgan fingerprint density at radius 1 is 1.50 bits per heavy atom.